The van der Waals surface area contributed by atoms with Crippen molar-refractivity contribution in [3.05, 3.63) is 59.8 Å². The number of ether oxygens (including phenoxy) is 1. The number of alkyl halides is 3. The van der Waals surface area contributed by atoms with Crippen LogP contribution in [-0.2, 0) is 23.9 Å². The first-order valence-corrected chi connectivity index (χ1v) is 12.7. The highest BCUT2D eigenvalue weighted by Crippen LogP contribution is 2.37. The van der Waals surface area contributed by atoms with Gasteiger partial charge in [0.1, 0.15) is 6.54 Å². The molecule has 0 saturated heterocycles. The Balaban J connectivity index is 1.57. The maximum absolute atomic E-state index is 13.7. The predicted molar refractivity (Wildman–Crippen MR) is 142 cm³/mol. The summed E-state index contributed by atoms with van der Waals surface area (Å²) >= 11 is 0. The zero-order valence-corrected chi connectivity index (χ0v) is 22.3. The van der Waals surface area contributed by atoms with Crippen molar-refractivity contribution >= 4 is 23.1 Å². The fraction of sp³-hybridized carbons (Fsp3) is 0.370. The molecule has 2 N–H and O–H groups in total. The monoisotopic (exact) mass is 554 g/mol. The number of halogens is 3. The molecular weight excluding hydrogens is 525 g/mol. The minimum Gasteiger partial charge on any atom is -0.379 e. The number of anilines is 2. The summed E-state index contributed by atoms with van der Waals surface area (Å²) in [6.45, 7) is 7.18. The lowest BCUT2D eigenvalue weighted by atomic mass is 10.0. The van der Waals surface area contributed by atoms with Gasteiger partial charge in [-0.1, -0.05) is 20.8 Å². The average Bonchev–Trinajstić information content (AvgIpc) is 3.53. The summed E-state index contributed by atoms with van der Waals surface area (Å²) in [5, 5.41) is 18.5. The van der Waals surface area contributed by atoms with E-state index in [2.05, 4.69) is 39.5 Å². The second kappa shape index (κ2) is 12.2. The summed E-state index contributed by atoms with van der Waals surface area (Å²) in [5.41, 5.74) is 1.11. The topological polar surface area (TPSA) is 122 Å². The third-order valence-electron chi connectivity index (χ3n) is 5.94. The number of nitrogens with one attached hydrogen (secondary N) is 2. The van der Waals surface area contributed by atoms with Gasteiger partial charge in [-0.2, -0.15) is 23.5 Å². The second-order valence-corrected chi connectivity index (χ2v) is 9.43. The van der Waals surface area contributed by atoms with E-state index in [4.69, 9.17) is 10.00 Å². The number of fused-ring (bicyclic) bond motifs is 1. The zero-order chi connectivity index (χ0) is 28.9. The lowest BCUT2D eigenvalue weighted by Crippen LogP contribution is -2.28. The number of benzene rings is 1. The van der Waals surface area contributed by atoms with E-state index in [1.165, 1.54) is 29.2 Å². The van der Waals surface area contributed by atoms with Crippen LogP contribution in [0, 0.1) is 17.2 Å². The SMILES string of the molecule is CCc1cc(Nc2nccn3c(-c4cn(CC#N)nc4C(F)(F)F)cnc23)ccc1C(=O)NCCOCC(C)C. The predicted octanol–water partition coefficient (Wildman–Crippen LogP) is 4.84. The Morgan fingerprint density at radius 1 is 1.25 bits per heavy atom. The number of nitrogens with zero attached hydrogens (tertiary/aromatic N) is 6. The van der Waals surface area contributed by atoms with Crippen LogP contribution in [0.1, 0.15) is 42.4 Å². The second-order valence-electron chi connectivity index (χ2n) is 9.43. The number of aromatic nitrogens is 5. The zero-order valence-electron chi connectivity index (χ0n) is 22.3. The van der Waals surface area contributed by atoms with Gasteiger partial charge >= 0.3 is 6.18 Å². The van der Waals surface area contributed by atoms with Crippen molar-refractivity contribution < 1.29 is 22.7 Å². The van der Waals surface area contributed by atoms with Crippen LogP contribution < -0.4 is 10.6 Å². The van der Waals surface area contributed by atoms with Crippen LogP contribution in [0.2, 0.25) is 0 Å². The number of carbonyl (C=O) groups excluding carboxylic acids is 1. The molecule has 0 fully saturated rings. The van der Waals surface area contributed by atoms with Crippen molar-refractivity contribution in [1.29, 1.82) is 5.26 Å². The molecule has 0 radical (unpaired) electrons. The Morgan fingerprint density at radius 2 is 2.05 bits per heavy atom. The number of hydrogen-bond donors (Lipinski definition) is 2. The van der Waals surface area contributed by atoms with Gasteiger partial charge in [0, 0.05) is 43.0 Å². The van der Waals surface area contributed by atoms with Gasteiger partial charge in [0.05, 0.1) is 30.1 Å². The largest absolute Gasteiger partial charge is 0.435 e. The molecule has 1 amide bonds. The summed E-state index contributed by atoms with van der Waals surface area (Å²) in [5.74, 6) is 0.530. The normalized spacial score (nSPS) is 11.7. The van der Waals surface area contributed by atoms with Gasteiger partial charge < -0.3 is 15.4 Å². The first kappa shape index (κ1) is 28.6. The van der Waals surface area contributed by atoms with Crippen molar-refractivity contribution in [2.75, 3.05) is 25.1 Å². The lowest BCUT2D eigenvalue weighted by molar-refractivity contribution is -0.141. The number of imidazole rings is 1. The van der Waals surface area contributed by atoms with E-state index in [1.54, 1.807) is 18.2 Å². The standard InChI is InChI=1S/C27H29F3N8O2/c1-4-18-13-19(5-6-20(18)26(39)33-9-12-40-16-17(2)3)35-24-25-34-14-22(38(25)11-8-32-24)21-15-37(10-7-31)36-23(21)27(28,29)30/h5-6,8,11,13-15,17H,4,9-10,12,16H2,1-3H3,(H,32,35)(H,33,39). The molecular formula is C27H29F3N8O2. The fourth-order valence-electron chi connectivity index (χ4n) is 4.15. The van der Waals surface area contributed by atoms with Crippen LogP contribution in [0.5, 0.6) is 0 Å². The van der Waals surface area contributed by atoms with E-state index in [0.29, 0.717) is 54.8 Å². The number of hydrogen-bond acceptors (Lipinski definition) is 7. The Hall–Kier alpha value is -4.44. The van der Waals surface area contributed by atoms with Crippen molar-refractivity contribution in [2.24, 2.45) is 5.92 Å². The molecule has 0 aliphatic heterocycles. The number of rotatable bonds is 11. The summed E-state index contributed by atoms with van der Waals surface area (Å²) in [6.07, 6.45) is 1.30. The van der Waals surface area contributed by atoms with E-state index in [-0.39, 0.29) is 23.7 Å². The molecule has 0 aliphatic rings. The van der Waals surface area contributed by atoms with Gasteiger partial charge in [0.2, 0.25) is 0 Å². The molecule has 4 rings (SSSR count). The average molecular weight is 555 g/mol. The van der Waals surface area contributed by atoms with Crippen LogP contribution in [0.15, 0.2) is 43.0 Å². The molecule has 0 aliphatic carbocycles. The van der Waals surface area contributed by atoms with Gasteiger partial charge in [-0.25, -0.2) is 9.97 Å². The maximum Gasteiger partial charge on any atom is 0.435 e. The van der Waals surface area contributed by atoms with Crippen LogP contribution in [-0.4, -0.2) is 49.8 Å². The molecule has 4 aromatic rings. The number of nitriles is 1. The minimum absolute atomic E-state index is 0.149. The molecule has 0 saturated carbocycles. The Labute approximate surface area is 228 Å². The van der Waals surface area contributed by atoms with Crippen molar-refractivity contribution in [2.45, 2.75) is 39.9 Å². The Bertz CT molecular complexity index is 1540. The lowest BCUT2D eigenvalue weighted by Gasteiger charge is -2.13. The molecule has 3 heterocycles. The molecule has 10 nitrogen and oxygen atoms in total. The highest BCUT2D eigenvalue weighted by atomic mass is 19.4. The van der Waals surface area contributed by atoms with Crippen molar-refractivity contribution in [3.63, 3.8) is 0 Å². The van der Waals surface area contributed by atoms with Gasteiger partial charge in [0.15, 0.2) is 17.2 Å². The maximum atomic E-state index is 13.7. The third-order valence-corrected chi connectivity index (χ3v) is 5.94. The van der Waals surface area contributed by atoms with Crippen LogP contribution in [0.4, 0.5) is 24.7 Å². The van der Waals surface area contributed by atoms with E-state index in [9.17, 15) is 18.0 Å². The number of carbonyl (C=O) groups is 1. The van der Waals surface area contributed by atoms with Crippen LogP contribution in [0.25, 0.3) is 16.9 Å². The molecule has 0 unspecified atom stereocenters. The first-order chi connectivity index (χ1) is 19.1. The summed E-state index contributed by atoms with van der Waals surface area (Å²) in [4.78, 5) is 21.4. The molecule has 0 spiro atoms. The first-order valence-electron chi connectivity index (χ1n) is 12.7. The number of aryl methyl sites for hydroxylation is 1. The molecule has 40 heavy (non-hydrogen) atoms. The summed E-state index contributed by atoms with van der Waals surface area (Å²) < 4.78 is 49.0. The van der Waals surface area contributed by atoms with Crippen molar-refractivity contribution in [3.8, 4) is 17.3 Å². The molecule has 3 aromatic heterocycles. The van der Waals surface area contributed by atoms with Gasteiger partial charge in [-0.05, 0) is 36.1 Å². The molecule has 0 bridgehead atoms. The van der Waals surface area contributed by atoms with E-state index in [0.717, 1.165) is 10.2 Å². The van der Waals surface area contributed by atoms with Crippen LogP contribution in [0.3, 0.4) is 0 Å². The summed E-state index contributed by atoms with van der Waals surface area (Å²) in [7, 11) is 0. The van der Waals surface area contributed by atoms with Crippen LogP contribution >= 0.6 is 0 Å². The Morgan fingerprint density at radius 3 is 2.75 bits per heavy atom. The quantitative estimate of drug-likeness (QED) is 0.254. The van der Waals surface area contributed by atoms with Gasteiger partial charge in [0.25, 0.3) is 5.91 Å². The minimum atomic E-state index is -4.72. The number of amides is 1. The van der Waals surface area contributed by atoms with Gasteiger partial charge in [-0.3, -0.25) is 13.9 Å². The molecule has 1 aromatic carbocycles. The molecule has 210 valence electrons. The van der Waals surface area contributed by atoms with E-state index >= 15 is 0 Å². The van der Waals surface area contributed by atoms with E-state index in [1.807, 2.05) is 13.0 Å². The third kappa shape index (κ3) is 6.40. The molecule has 0 atom stereocenters. The van der Waals surface area contributed by atoms with Gasteiger partial charge in [-0.15, -0.1) is 0 Å². The Kier molecular flexibility index (Phi) is 8.69. The highest BCUT2D eigenvalue weighted by Gasteiger charge is 2.38. The smallest absolute Gasteiger partial charge is 0.379 e. The van der Waals surface area contributed by atoms with Crippen molar-refractivity contribution in [1.82, 2.24) is 29.5 Å². The summed E-state index contributed by atoms with van der Waals surface area (Å²) in [6, 6.07) is 7.06. The van der Waals surface area contributed by atoms with E-state index < -0.39 is 11.9 Å². The molecule has 13 heteroatoms. The fourth-order valence-corrected chi connectivity index (χ4v) is 4.15. The highest BCUT2D eigenvalue weighted by molar-refractivity contribution is 5.96.